The standard InChI is InChI=1S/C13H22N2O2/c1-9-6-14-12(11(3)13(9)17-5)8-15(4)7-10(2)16/h6,10,16H,7-8H2,1-5H3. The molecule has 0 saturated heterocycles. The van der Waals surface area contributed by atoms with Crippen LogP contribution in [0.4, 0.5) is 0 Å². The van der Waals surface area contributed by atoms with Gasteiger partial charge in [-0.05, 0) is 27.8 Å². The fourth-order valence-corrected chi connectivity index (χ4v) is 2.00. The van der Waals surface area contributed by atoms with Crippen molar-refractivity contribution in [3.63, 3.8) is 0 Å². The third-order valence-corrected chi connectivity index (χ3v) is 2.75. The van der Waals surface area contributed by atoms with Gasteiger partial charge in [-0.2, -0.15) is 0 Å². The number of aromatic nitrogens is 1. The number of hydrogen-bond donors (Lipinski definition) is 1. The van der Waals surface area contributed by atoms with Crippen LogP contribution in [0.15, 0.2) is 6.20 Å². The fraction of sp³-hybridized carbons (Fsp3) is 0.615. The topological polar surface area (TPSA) is 45.6 Å². The average Bonchev–Trinajstić information content (AvgIpc) is 2.22. The lowest BCUT2D eigenvalue weighted by Gasteiger charge is -2.20. The van der Waals surface area contributed by atoms with E-state index in [1.165, 1.54) is 0 Å². The highest BCUT2D eigenvalue weighted by Crippen LogP contribution is 2.24. The number of likely N-dealkylation sites (N-methyl/N-ethyl adjacent to an activating group) is 1. The first kappa shape index (κ1) is 13.9. The Bertz CT molecular complexity index is 378. The Morgan fingerprint density at radius 2 is 2.12 bits per heavy atom. The van der Waals surface area contributed by atoms with Crippen LogP contribution in [-0.4, -0.2) is 41.8 Å². The van der Waals surface area contributed by atoms with Gasteiger partial charge in [0, 0.05) is 30.4 Å². The zero-order valence-corrected chi connectivity index (χ0v) is 11.3. The number of rotatable bonds is 5. The maximum atomic E-state index is 9.33. The SMILES string of the molecule is COc1c(C)cnc(CN(C)CC(C)O)c1C. The maximum absolute atomic E-state index is 9.33. The van der Waals surface area contributed by atoms with E-state index in [2.05, 4.69) is 9.88 Å². The van der Waals surface area contributed by atoms with Gasteiger partial charge in [0.1, 0.15) is 5.75 Å². The highest BCUT2D eigenvalue weighted by molar-refractivity contribution is 5.40. The van der Waals surface area contributed by atoms with Crippen LogP contribution in [0, 0.1) is 13.8 Å². The molecule has 1 atom stereocenters. The molecule has 0 spiro atoms. The van der Waals surface area contributed by atoms with Crippen LogP contribution in [0.5, 0.6) is 5.75 Å². The first-order valence-electron chi connectivity index (χ1n) is 5.81. The van der Waals surface area contributed by atoms with Crippen molar-refractivity contribution in [2.24, 2.45) is 0 Å². The van der Waals surface area contributed by atoms with Crippen molar-refractivity contribution in [3.05, 3.63) is 23.0 Å². The van der Waals surface area contributed by atoms with Gasteiger partial charge in [-0.3, -0.25) is 9.88 Å². The largest absolute Gasteiger partial charge is 0.496 e. The summed E-state index contributed by atoms with van der Waals surface area (Å²) >= 11 is 0. The predicted octanol–water partition coefficient (Wildman–Crippen LogP) is 1.52. The van der Waals surface area contributed by atoms with Crippen LogP contribution in [-0.2, 0) is 6.54 Å². The molecule has 0 amide bonds. The molecule has 17 heavy (non-hydrogen) atoms. The minimum absolute atomic E-state index is 0.326. The molecule has 1 N–H and O–H groups in total. The molecule has 1 aromatic rings. The zero-order chi connectivity index (χ0) is 13.0. The van der Waals surface area contributed by atoms with Gasteiger partial charge in [0.25, 0.3) is 0 Å². The van der Waals surface area contributed by atoms with Crippen LogP contribution in [0.2, 0.25) is 0 Å². The average molecular weight is 238 g/mol. The number of nitrogens with zero attached hydrogens (tertiary/aromatic N) is 2. The minimum Gasteiger partial charge on any atom is -0.496 e. The van der Waals surface area contributed by atoms with Gasteiger partial charge in [-0.1, -0.05) is 0 Å². The summed E-state index contributed by atoms with van der Waals surface area (Å²) in [6.07, 6.45) is 1.50. The van der Waals surface area contributed by atoms with Crippen LogP contribution in [0.3, 0.4) is 0 Å². The Morgan fingerprint density at radius 1 is 1.47 bits per heavy atom. The maximum Gasteiger partial charge on any atom is 0.128 e. The second-order valence-corrected chi connectivity index (χ2v) is 4.59. The summed E-state index contributed by atoms with van der Waals surface area (Å²) in [5, 5.41) is 9.33. The molecule has 1 aromatic heterocycles. The van der Waals surface area contributed by atoms with Crippen LogP contribution >= 0.6 is 0 Å². The summed E-state index contributed by atoms with van der Waals surface area (Å²) in [6, 6.07) is 0. The van der Waals surface area contributed by atoms with Crippen molar-refractivity contribution < 1.29 is 9.84 Å². The molecule has 0 radical (unpaired) electrons. The van der Waals surface area contributed by atoms with E-state index in [4.69, 9.17) is 4.74 Å². The van der Waals surface area contributed by atoms with Crippen LogP contribution in [0.1, 0.15) is 23.7 Å². The van der Waals surface area contributed by atoms with E-state index < -0.39 is 0 Å². The second kappa shape index (κ2) is 5.98. The van der Waals surface area contributed by atoms with E-state index in [1.807, 2.05) is 27.1 Å². The van der Waals surface area contributed by atoms with Crippen molar-refractivity contribution in [3.8, 4) is 5.75 Å². The quantitative estimate of drug-likeness (QED) is 0.845. The number of aliphatic hydroxyl groups is 1. The molecule has 4 nitrogen and oxygen atoms in total. The minimum atomic E-state index is -0.326. The number of pyridine rings is 1. The van der Waals surface area contributed by atoms with E-state index in [-0.39, 0.29) is 6.10 Å². The first-order valence-corrected chi connectivity index (χ1v) is 5.81. The fourth-order valence-electron chi connectivity index (χ4n) is 2.00. The molecule has 1 unspecified atom stereocenters. The van der Waals surface area contributed by atoms with Crippen LogP contribution in [0.25, 0.3) is 0 Å². The number of methoxy groups -OCH3 is 1. The molecule has 1 heterocycles. The number of ether oxygens (including phenoxy) is 1. The molecule has 0 aliphatic heterocycles. The smallest absolute Gasteiger partial charge is 0.128 e. The Labute approximate surface area is 103 Å². The van der Waals surface area contributed by atoms with E-state index in [0.717, 1.165) is 22.6 Å². The highest BCUT2D eigenvalue weighted by Gasteiger charge is 2.12. The van der Waals surface area contributed by atoms with Gasteiger partial charge in [0.05, 0.1) is 18.9 Å². The van der Waals surface area contributed by atoms with Gasteiger partial charge in [0.15, 0.2) is 0 Å². The highest BCUT2D eigenvalue weighted by atomic mass is 16.5. The first-order chi connectivity index (χ1) is 7.95. The molecule has 0 fully saturated rings. The monoisotopic (exact) mass is 238 g/mol. The van der Waals surface area contributed by atoms with Gasteiger partial charge >= 0.3 is 0 Å². The van der Waals surface area contributed by atoms with E-state index in [9.17, 15) is 5.11 Å². The molecular weight excluding hydrogens is 216 g/mol. The lowest BCUT2D eigenvalue weighted by molar-refractivity contribution is 0.137. The third-order valence-electron chi connectivity index (χ3n) is 2.75. The summed E-state index contributed by atoms with van der Waals surface area (Å²) in [4.78, 5) is 6.48. The van der Waals surface area contributed by atoms with Crippen molar-refractivity contribution >= 4 is 0 Å². The van der Waals surface area contributed by atoms with E-state index >= 15 is 0 Å². The van der Waals surface area contributed by atoms with Crippen molar-refractivity contribution in [1.29, 1.82) is 0 Å². The molecule has 0 aromatic carbocycles. The van der Waals surface area contributed by atoms with E-state index in [0.29, 0.717) is 13.1 Å². The number of aliphatic hydroxyl groups excluding tert-OH is 1. The summed E-state index contributed by atoms with van der Waals surface area (Å²) in [7, 11) is 3.65. The number of aryl methyl sites for hydroxylation is 1. The zero-order valence-electron chi connectivity index (χ0n) is 11.3. The van der Waals surface area contributed by atoms with E-state index in [1.54, 1.807) is 14.0 Å². The van der Waals surface area contributed by atoms with Gasteiger partial charge < -0.3 is 9.84 Å². The summed E-state index contributed by atoms with van der Waals surface area (Å²) in [6.45, 7) is 7.14. The Hall–Kier alpha value is -1.13. The predicted molar refractivity (Wildman–Crippen MR) is 68.3 cm³/mol. The Balaban J connectivity index is 2.85. The molecule has 0 saturated carbocycles. The summed E-state index contributed by atoms with van der Waals surface area (Å²) in [5.41, 5.74) is 3.12. The molecule has 0 aliphatic rings. The second-order valence-electron chi connectivity index (χ2n) is 4.59. The van der Waals surface area contributed by atoms with Gasteiger partial charge in [-0.15, -0.1) is 0 Å². The Morgan fingerprint density at radius 3 is 2.65 bits per heavy atom. The number of hydrogen-bond acceptors (Lipinski definition) is 4. The summed E-state index contributed by atoms with van der Waals surface area (Å²) < 4.78 is 5.37. The van der Waals surface area contributed by atoms with Crippen LogP contribution < -0.4 is 4.74 Å². The van der Waals surface area contributed by atoms with Gasteiger partial charge in [-0.25, -0.2) is 0 Å². The molecule has 1 rings (SSSR count). The Kier molecular flexibility index (Phi) is 4.90. The molecule has 4 heteroatoms. The third kappa shape index (κ3) is 3.68. The summed E-state index contributed by atoms with van der Waals surface area (Å²) in [5.74, 6) is 0.903. The van der Waals surface area contributed by atoms with Crippen molar-refractivity contribution in [2.45, 2.75) is 33.4 Å². The molecule has 96 valence electrons. The normalized spacial score (nSPS) is 12.9. The lowest BCUT2D eigenvalue weighted by atomic mass is 10.1. The molecular formula is C13H22N2O2. The molecule has 0 bridgehead atoms. The van der Waals surface area contributed by atoms with Gasteiger partial charge in [0.2, 0.25) is 0 Å². The van der Waals surface area contributed by atoms with Crippen molar-refractivity contribution in [2.75, 3.05) is 20.7 Å². The lowest BCUT2D eigenvalue weighted by Crippen LogP contribution is -2.27. The van der Waals surface area contributed by atoms with Crippen molar-refractivity contribution in [1.82, 2.24) is 9.88 Å². The molecule has 0 aliphatic carbocycles.